The number of aromatic nitrogens is 3. The van der Waals surface area contributed by atoms with Gasteiger partial charge in [-0.2, -0.15) is 31.0 Å². The molecule has 1 saturated heterocycles. The van der Waals surface area contributed by atoms with E-state index in [1.807, 2.05) is 4.90 Å². The van der Waals surface area contributed by atoms with Gasteiger partial charge in [0.25, 0.3) is 10.2 Å². The lowest BCUT2D eigenvalue weighted by Crippen LogP contribution is -2.68. The normalized spacial score (nSPS) is 20.9. The topological polar surface area (TPSA) is 117 Å². The molecular weight excluding hydrogens is 420 g/mol. The Morgan fingerprint density at radius 2 is 2.03 bits per heavy atom. The van der Waals surface area contributed by atoms with Crippen molar-refractivity contribution in [3.63, 3.8) is 0 Å². The number of hydrogen-bond acceptors (Lipinski definition) is 6. The lowest BCUT2D eigenvalue weighted by Gasteiger charge is -2.60. The Balaban J connectivity index is 1.43. The predicted molar refractivity (Wildman–Crippen MR) is 92.5 cm³/mol. The summed E-state index contributed by atoms with van der Waals surface area (Å²) in [6, 6.07) is 0.526. The first-order valence-corrected chi connectivity index (χ1v) is 10.2. The van der Waals surface area contributed by atoms with Crippen LogP contribution in [-0.4, -0.2) is 70.4 Å². The van der Waals surface area contributed by atoms with E-state index in [9.17, 15) is 31.1 Å². The quantitative estimate of drug-likeness (QED) is 0.647. The Labute approximate surface area is 162 Å². The average Bonchev–Trinajstić information content (AvgIpc) is 2.91. The minimum Gasteiger partial charge on any atom is -0.382 e. The lowest BCUT2D eigenvalue weighted by atomic mass is 9.60. The van der Waals surface area contributed by atoms with E-state index in [2.05, 4.69) is 10.1 Å². The molecule has 1 aliphatic heterocycles. The van der Waals surface area contributed by atoms with Crippen LogP contribution in [0.1, 0.15) is 12.8 Å². The van der Waals surface area contributed by atoms with Gasteiger partial charge in [-0.1, -0.05) is 0 Å². The summed E-state index contributed by atoms with van der Waals surface area (Å²) in [5.41, 5.74) is -0.0976. The van der Waals surface area contributed by atoms with Gasteiger partial charge in [0.15, 0.2) is 17.7 Å². The molecule has 0 aromatic carbocycles. The van der Waals surface area contributed by atoms with E-state index in [4.69, 9.17) is 5.14 Å². The molecule has 3 N–H and O–H groups in total. The summed E-state index contributed by atoms with van der Waals surface area (Å²) >= 11 is 0. The van der Waals surface area contributed by atoms with Crippen LogP contribution < -0.4 is 10.0 Å². The molecule has 2 aromatic rings. The van der Waals surface area contributed by atoms with Gasteiger partial charge in [0, 0.05) is 30.7 Å². The third kappa shape index (κ3) is 3.53. The Morgan fingerprint density at radius 3 is 2.62 bits per heavy atom. The summed E-state index contributed by atoms with van der Waals surface area (Å²) in [5, 5.41) is 18.2. The molecule has 0 amide bonds. The zero-order valence-corrected chi connectivity index (χ0v) is 15.7. The van der Waals surface area contributed by atoms with Crippen molar-refractivity contribution in [1.29, 1.82) is 0 Å². The molecule has 14 heteroatoms. The van der Waals surface area contributed by atoms with Gasteiger partial charge in [-0.15, -0.1) is 0 Å². The molecule has 1 spiro atoms. The van der Waals surface area contributed by atoms with Crippen molar-refractivity contribution in [2.24, 2.45) is 10.6 Å². The van der Waals surface area contributed by atoms with Gasteiger partial charge in [0.1, 0.15) is 11.8 Å². The monoisotopic (exact) mass is 438 g/mol. The number of hydrogen-bond donors (Lipinski definition) is 2. The third-order valence-corrected chi connectivity index (χ3v) is 6.64. The molecule has 29 heavy (non-hydrogen) atoms. The molecule has 1 unspecified atom stereocenters. The largest absolute Gasteiger partial charge is 0.415 e. The van der Waals surface area contributed by atoms with Gasteiger partial charge in [-0.3, -0.25) is 0 Å². The fraction of sp³-hybridized carbons (Fsp3) is 0.600. The molecule has 160 valence electrons. The fourth-order valence-corrected chi connectivity index (χ4v) is 5.10. The highest BCUT2D eigenvalue weighted by atomic mass is 32.2. The van der Waals surface area contributed by atoms with Crippen LogP contribution in [0.3, 0.4) is 0 Å². The molecule has 0 bridgehead atoms. The third-order valence-electron chi connectivity index (χ3n) is 5.54. The molecule has 9 nitrogen and oxygen atoms in total. The van der Waals surface area contributed by atoms with E-state index >= 15 is 0 Å². The number of nitrogens with zero attached hydrogens (tertiary/aromatic N) is 5. The summed E-state index contributed by atoms with van der Waals surface area (Å²) < 4.78 is 77.2. The van der Waals surface area contributed by atoms with Crippen LogP contribution in [0.4, 0.5) is 23.4 Å². The van der Waals surface area contributed by atoms with Gasteiger partial charge in [-0.25, -0.2) is 19.0 Å². The van der Waals surface area contributed by atoms with Crippen LogP contribution in [0, 0.1) is 11.2 Å². The van der Waals surface area contributed by atoms with Crippen molar-refractivity contribution in [2.45, 2.75) is 31.2 Å². The van der Waals surface area contributed by atoms with Crippen molar-refractivity contribution in [3.8, 4) is 0 Å². The number of alkyl halides is 3. The van der Waals surface area contributed by atoms with E-state index in [1.165, 1.54) is 23.1 Å². The van der Waals surface area contributed by atoms with Crippen LogP contribution in [0.2, 0.25) is 0 Å². The van der Waals surface area contributed by atoms with Crippen molar-refractivity contribution in [1.82, 2.24) is 18.9 Å². The van der Waals surface area contributed by atoms with Gasteiger partial charge >= 0.3 is 6.18 Å². The van der Waals surface area contributed by atoms with Gasteiger partial charge in [0.2, 0.25) is 0 Å². The maximum absolute atomic E-state index is 14.0. The first-order chi connectivity index (χ1) is 13.4. The Hall–Kier alpha value is -2.03. The van der Waals surface area contributed by atoms with E-state index in [0.717, 1.165) is 0 Å². The van der Waals surface area contributed by atoms with Crippen LogP contribution in [0.25, 0.3) is 5.52 Å². The smallest absolute Gasteiger partial charge is 0.382 e. The Morgan fingerprint density at radius 1 is 1.38 bits per heavy atom. The molecular formula is C15H18F4N6O3S. The number of nitrogens with two attached hydrogens (primary N) is 1. The summed E-state index contributed by atoms with van der Waals surface area (Å²) in [6.07, 6.45) is -4.44. The van der Waals surface area contributed by atoms with Crippen LogP contribution >= 0.6 is 0 Å². The van der Waals surface area contributed by atoms with Crippen LogP contribution in [0.15, 0.2) is 18.6 Å². The van der Waals surface area contributed by atoms with E-state index in [1.54, 1.807) is 0 Å². The molecule has 1 saturated carbocycles. The van der Waals surface area contributed by atoms with Gasteiger partial charge in [0.05, 0.1) is 6.54 Å². The van der Waals surface area contributed by atoms with Crippen LogP contribution in [0.5, 0.6) is 0 Å². The first-order valence-electron chi connectivity index (χ1n) is 8.67. The standard InChI is InChI=1S/C15H18F4N6O3S/c16-10-1-2-24-12(10)13(21-8-22-24)23-6-14(7-23)3-9(4-14)25(29(20,27)28)5-11(26)15(17,18)19/h1-2,8-9,11,26H,3-7H2,(H2,20,27,28). The number of aliphatic hydroxyl groups is 1. The first kappa shape index (κ1) is 20.3. The van der Waals surface area contributed by atoms with Crippen molar-refractivity contribution in [2.75, 3.05) is 24.5 Å². The van der Waals surface area contributed by atoms with E-state index in [0.29, 0.717) is 23.2 Å². The highest BCUT2D eigenvalue weighted by Crippen LogP contribution is 2.52. The average molecular weight is 438 g/mol. The molecule has 2 fully saturated rings. The number of rotatable bonds is 5. The maximum Gasteiger partial charge on any atom is 0.415 e. The molecule has 0 radical (unpaired) electrons. The summed E-state index contributed by atoms with van der Waals surface area (Å²) in [4.78, 5) is 5.92. The molecule has 1 aliphatic carbocycles. The molecule has 2 aliphatic rings. The summed E-state index contributed by atoms with van der Waals surface area (Å²) in [6.45, 7) is -0.253. The van der Waals surface area contributed by atoms with Crippen molar-refractivity contribution < 1.29 is 31.1 Å². The second-order valence-electron chi connectivity index (χ2n) is 7.63. The van der Waals surface area contributed by atoms with E-state index in [-0.39, 0.29) is 23.8 Å². The highest BCUT2D eigenvalue weighted by Gasteiger charge is 2.56. The van der Waals surface area contributed by atoms with Crippen LogP contribution in [-0.2, 0) is 10.2 Å². The molecule has 4 rings (SSSR count). The number of anilines is 1. The number of aliphatic hydroxyl groups excluding tert-OH is 1. The van der Waals surface area contributed by atoms with Gasteiger partial charge in [-0.05, 0) is 18.9 Å². The maximum atomic E-state index is 14.0. The number of halogens is 4. The minimum atomic E-state index is -4.95. The van der Waals surface area contributed by atoms with Crippen molar-refractivity contribution in [3.05, 3.63) is 24.4 Å². The van der Waals surface area contributed by atoms with Gasteiger partial charge < -0.3 is 10.0 Å². The number of fused-ring (bicyclic) bond motifs is 1. The van der Waals surface area contributed by atoms with Crippen molar-refractivity contribution >= 4 is 21.5 Å². The predicted octanol–water partition coefficient (Wildman–Crippen LogP) is 0.266. The second kappa shape index (κ2) is 6.48. The minimum absolute atomic E-state index is 0.220. The van der Waals surface area contributed by atoms with E-state index < -0.39 is 40.9 Å². The lowest BCUT2D eigenvalue weighted by molar-refractivity contribution is -0.207. The summed E-state index contributed by atoms with van der Waals surface area (Å²) in [5.74, 6) is -0.0815. The zero-order valence-electron chi connectivity index (χ0n) is 14.9. The second-order valence-corrected chi connectivity index (χ2v) is 9.13. The molecule has 1 atom stereocenters. The Kier molecular flexibility index (Phi) is 4.53. The SMILES string of the molecule is NS(=O)(=O)N(CC(O)C(F)(F)F)C1CC2(C1)CN(c1ncnn3ccc(F)c13)C2. The Bertz CT molecular complexity index is 1030. The fourth-order valence-electron chi connectivity index (χ4n) is 4.18. The molecule has 2 aromatic heterocycles. The highest BCUT2D eigenvalue weighted by molar-refractivity contribution is 7.86. The molecule has 3 heterocycles. The summed E-state index contributed by atoms with van der Waals surface area (Å²) in [7, 11) is -4.42. The zero-order chi connectivity index (χ0) is 21.2.